The number of benzene rings is 2. The Balaban J connectivity index is 2.33. The number of carbonyl (C=O) groups excluding carboxylic acids is 1. The Morgan fingerprint density at radius 3 is 2.50 bits per heavy atom. The van der Waals surface area contributed by atoms with Gasteiger partial charge in [0, 0.05) is 10.5 Å². The molecule has 0 heterocycles. The van der Waals surface area contributed by atoms with Crippen molar-refractivity contribution in [3.05, 3.63) is 58.9 Å². The van der Waals surface area contributed by atoms with Crippen LogP contribution in [0.2, 0.25) is 0 Å². The van der Waals surface area contributed by atoms with E-state index in [2.05, 4.69) is 17.9 Å². The second-order valence-corrected chi connectivity index (χ2v) is 4.69. The Hall–Kier alpha value is -1.95. The number of aryl methyl sites for hydroxylation is 1. The summed E-state index contributed by atoms with van der Waals surface area (Å²) in [6.45, 7) is 1.70. The minimum absolute atomic E-state index is 0.279. The van der Waals surface area contributed by atoms with E-state index in [9.17, 15) is 18.0 Å². The highest BCUT2D eigenvalue weighted by Gasteiger charge is 2.17. The van der Waals surface area contributed by atoms with Crippen molar-refractivity contribution in [2.45, 2.75) is 11.8 Å². The van der Waals surface area contributed by atoms with Gasteiger partial charge in [0.2, 0.25) is 0 Å². The molecule has 1 N–H and O–H groups in total. The minimum Gasteiger partial charge on any atom is -0.319 e. The van der Waals surface area contributed by atoms with E-state index in [0.717, 1.165) is 12.1 Å². The second kappa shape index (κ2) is 5.58. The van der Waals surface area contributed by atoms with Gasteiger partial charge < -0.3 is 5.32 Å². The summed E-state index contributed by atoms with van der Waals surface area (Å²) >= 11 is 4.11. The maximum Gasteiger partial charge on any atom is 0.256 e. The molecular weight excluding hydrogens is 287 g/mol. The van der Waals surface area contributed by atoms with E-state index in [1.165, 1.54) is 6.07 Å². The topological polar surface area (TPSA) is 29.1 Å². The third-order valence-electron chi connectivity index (χ3n) is 2.75. The van der Waals surface area contributed by atoms with Gasteiger partial charge in [0.1, 0.15) is 0 Å². The van der Waals surface area contributed by atoms with E-state index < -0.39 is 29.0 Å². The molecule has 0 saturated carbocycles. The summed E-state index contributed by atoms with van der Waals surface area (Å²) in [6, 6.07) is 6.60. The molecule has 2 aromatic carbocycles. The number of hydrogen-bond donors (Lipinski definition) is 2. The molecule has 2 aromatic rings. The number of thiol groups is 1. The van der Waals surface area contributed by atoms with Crippen LogP contribution in [0, 0.1) is 24.4 Å². The maximum atomic E-state index is 13.5. The number of anilines is 1. The Bertz CT molecular complexity index is 688. The summed E-state index contributed by atoms with van der Waals surface area (Å²) in [4.78, 5) is 12.6. The summed E-state index contributed by atoms with van der Waals surface area (Å²) in [5.74, 6) is -4.99. The molecule has 0 bridgehead atoms. The Morgan fingerprint density at radius 1 is 1.10 bits per heavy atom. The zero-order valence-electron chi connectivity index (χ0n) is 10.4. The molecule has 6 heteroatoms. The average molecular weight is 297 g/mol. The van der Waals surface area contributed by atoms with E-state index in [4.69, 9.17) is 0 Å². The van der Waals surface area contributed by atoms with Crippen molar-refractivity contribution in [2.75, 3.05) is 5.32 Å². The Labute approximate surface area is 119 Å². The van der Waals surface area contributed by atoms with Gasteiger partial charge in [-0.3, -0.25) is 4.79 Å². The Kier molecular flexibility index (Phi) is 4.04. The molecule has 2 rings (SSSR count). The van der Waals surface area contributed by atoms with Gasteiger partial charge in [-0.25, -0.2) is 13.2 Å². The minimum atomic E-state index is -1.62. The molecule has 0 saturated heterocycles. The summed E-state index contributed by atoms with van der Waals surface area (Å²) in [6.07, 6.45) is 0. The smallest absolute Gasteiger partial charge is 0.256 e. The molecule has 0 spiro atoms. The van der Waals surface area contributed by atoms with Crippen molar-refractivity contribution in [1.29, 1.82) is 0 Å². The van der Waals surface area contributed by atoms with Crippen LogP contribution in [0.5, 0.6) is 0 Å². The van der Waals surface area contributed by atoms with Crippen LogP contribution in [-0.4, -0.2) is 5.91 Å². The normalized spacial score (nSPS) is 10.4. The first kappa shape index (κ1) is 14.5. The van der Waals surface area contributed by atoms with Crippen molar-refractivity contribution in [3.63, 3.8) is 0 Å². The average Bonchev–Trinajstić information content (AvgIpc) is 2.42. The van der Waals surface area contributed by atoms with Gasteiger partial charge in [-0.1, -0.05) is 6.07 Å². The highest BCUT2D eigenvalue weighted by Crippen LogP contribution is 2.21. The van der Waals surface area contributed by atoms with Crippen LogP contribution in [0.15, 0.2) is 35.2 Å². The van der Waals surface area contributed by atoms with Gasteiger partial charge >= 0.3 is 0 Å². The molecule has 0 aliphatic heterocycles. The lowest BCUT2D eigenvalue weighted by atomic mass is 10.1. The molecule has 104 valence electrons. The first-order chi connectivity index (χ1) is 9.40. The summed E-state index contributed by atoms with van der Waals surface area (Å²) in [7, 11) is 0. The molecular formula is C14H10F3NOS. The van der Waals surface area contributed by atoms with Crippen LogP contribution in [-0.2, 0) is 0 Å². The molecule has 0 unspecified atom stereocenters. The van der Waals surface area contributed by atoms with Crippen LogP contribution in [0.25, 0.3) is 0 Å². The second-order valence-electron chi connectivity index (χ2n) is 4.18. The summed E-state index contributed by atoms with van der Waals surface area (Å²) in [5, 5.41) is 2.21. The molecule has 2 nitrogen and oxygen atoms in total. The molecule has 0 aliphatic rings. The van der Waals surface area contributed by atoms with Crippen LogP contribution >= 0.6 is 12.6 Å². The zero-order valence-corrected chi connectivity index (χ0v) is 11.3. The molecule has 1 amide bonds. The highest BCUT2D eigenvalue weighted by molar-refractivity contribution is 7.80. The van der Waals surface area contributed by atoms with Crippen LogP contribution in [0.4, 0.5) is 18.9 Å². The molecule has 0 radical (unpaired) electrons. The number of nitrogens with one attached hydrogen (secondary N) is 1. The number of hydrogen-bond acceptors (Lipinski definition) is 2. The van der Waals surface area contributed by atoms with Gasteiger partial charge in [-0.15, -0.1) is 12.6 Å². The zero-order chi connectivity index (χ0) is 14.9. The lowest BCUT2D eigenvalue weighted by molar-refractivity contribution is 0.102. The highest BCUT2D eigenvalue weighted by atomic mass is 32.1. The summed E-state index contributed by atoms with van der Waals surface area (Å²) < 4.78 is 39.3. The van der Waals surface area contributed by atoms with Crippen molar-refractivity contribution >= 4 is 24.2 Å². The van der Waals surface area contributed by atoms with Gasteiger partial charge in [-0.2, -0.15) is 0 Å². The van der Waals surface area contributed by atoms with Crippen molar-refractivity contribution in [1.82, 2.24) is 0 Å². The molecule has 0 aliphatic carbocycles. The van der Waals surface area contributed by atoms with Crippen molar-refractivity contribution in [3.8, 4) is 0 Å². The monoisotopic (exact) mass is 297 g/mol. The lowest BCUT2D eigenvalue weighted by Gasteiger charge is -2.09. The molecule has 0 fully saturated rings. The quantitative estimate of drug-likeness (QED) is 0.638. The number of rotatable bonds is 2. The third kappa shape index (κ3) is 2.80. The first-order valence-electron chi connectivity index (χ1n) is 5.64. The number of amides is 1. The van der Waals surface area contributed by atoms with E-state index in [0.29, 0.717) is 10.5 Å². The molecule has 20 heavy (non-hydrogen) atoms. The van der Waals surface area contributed by atoms with E-state index in [1.807, 2.05) is 0 Å². The SMILES string of the molecule is Cc1ccc(S)cc1C(=O)Nc1ccc(F)c(F)c1F. The predicted molar refractivity (Wildman–Crippen MR) is 72.7 cm³/mol. The van der Waals surface area contributed by atoms with Gasteiger partial charge in [0.05, 0.1) is 5.69 Å². The van der Waals surface area contributed by atoms with Crippen LogP contribution < -0.4 is 5.32 Å². The first-order valence-corrected chi connectivity index (χ1v) is 6.09. The largest absolute Gasteiger partial charge is 0.319 e. The standard InChI is InChI=1S/C14H10F3NOS/c1-7-2-3-8(20)6-9(7)14(19)18-11-5-4-10(15)12(16)13(11)17/h2-6,20H,1H3,(H,18,19). The lowest BCUT2D eigenvalue weighted by Crippen LogP contribution is -2.15. The number of carbonyl (C=O) groups is 1. The number of halogens is 3. The van der Waals surface area contributed by atoms with E-state index in [-0.39, 0.29) is 5.56 Å². The van der Waals surface area contributed by atoms with E-state index in [1.54, 1.807) is 19.1 Å². The van der Waals surface area contributed by atoms with E-state index >= 15 is 0 Å². The summed E-state index contributed by atoms with van der Waals surface area (Å²) in [5.41, 5.74) is 0.516. The Morgan fingerprint density at radius 2 is 1.80 bits per heavy atom. The predicted octanol–water partition coefficient (Wildman–Crippen LogP) is 3.95. The fourth-order valence-electron chi connectivity index (χ4n) is 1.67. The van der Waals surface area contributed by atoms with Gasteiger partial charge in [0.25, 0.3) is 5.91 Å². The molecule has 0 aromatic heterocycles. The maximum absolute atomic E-state index is 13.5. The van der Waals surface area contributed by atoms with Crippen LogP contribution in [0.3, 0.4) is 0 Å². The van der Waals surface area contributed by atoms with Crippen molar-refractivity contribution in [2.24, 2.45) is 0 Å². The van der Waals surface area contributed by atoms with Gasteiger partial charge in [0.15, 0.2) is 17.5 Å². The fraction of sp³-hybridized carbons (Fsp3) is 0.0714. The third-order valence-corrected chi connectivity index (χ3v) is 3.03. The van der Waals surface area contributed by atoms with Crippen LogP contribution in [0.1, 0.15) is 15.9 Å². The van der Waals surface area contributed by atoms with Gasteiger partial charge in [-0.05, 0) is 36.8 Å². The van der Waals surface area contributed by atoms with Crippen molar-refractivity contribution < 1.29 is 18.0 Å². The molecule has 0 atom stereocenters. The fourth-order valence-corrected chi connectivity index (χ4v) is 1.87.